The van der Waals surface area contributed by atoms with Crippen molar-refractivity contribution >= 4 is 11.6 Å². The van der Waals surface area contributed by atoms with Gasteiger partial charge in [-0.1, -0.05) is 36.4 Å². The number of hydrogen-bond donors (Lipinski definition) is 2. The minimum atomic E-state index is -2.84. The first-order chi connectivity index (χ1) is 15.5. The average Bonchev–Trinajstić information content (AvgIpc) is 3.21. The lowest BCUT2D eigenvalue weighted by Crippen LogP contribution is -2.44. The van der Waals surface area contributed by atoms with Gasteiger partial charge in [0.2, 0.25) is 0 Å². The zero-order chi connectivity index (χ0) is 22.9. The Morgan fingerprint density at radius 3 is 2.59 bits per heavy atom. The first kappa shape index (κ1) is 23.8. The second-order valence-corrected chi connectivity index (χ2v) is 8.12. The van der Waals surface area contributed by atoms with E-state index in [-0.39, 0.29) is 11.8 Å². The summed E-state index contributed by atoms with van der Waals surface area (Å²) in [6.45, 7) is 2.85. The third kappa shape index (κ3) is 6.82. The molecule has 2 aromatic carbocycles. The number of anilines is 1. The van der Waals surface area contributed by atoms with E-state index in [1.165, 1.54) is 11.1 Å². The van der Waals surface area contributed by atoms with Crippen LogP contribution in [0.5, 0.6) is 5.75 Å². The summed E-state index contributed by atoms with van der Waals surface area (Å²) in [5.74, 6) is 0.970. The summed E-state index contributed by atoms with van der Waals surface area (Å²) in [4.78, 5) is 9.03. The van der Waals surface area contributed by atoms with Crippen molar-refractivity contribution in [2.24, 2.45) is 4.99 Å². The highest BCUT2D eigenvalue weighted by Gasteiger charge is 2.26. The van der Waals surface area contributed by atoms with Gasteiger partial charge in [0.05, 0.1) is 12.2 Å². The molecule has 6 nitrogen and oxygen atoms in total. The van der Waals surface area contributed by atoms with E-state index < -0.39 is 6.61 Å². The molecule has 3 rings (SSSR count). The number of hydrogen-bond acceptors (Lipinski definition) is 4. The number of nitrogens with zero attached hydrogens (tertiary/aromatic N) is 3. The van der Waals surface area contributed by atoms with Crippen molar-refractivity contribution in [1.29, 1.82) is 0 Å². The molecule has 1 atom stereocenters. The fourth-order valence-corrected chi connectivity index (χ4v) is 3.90. The standard InChI is InChI=1S/C24H33F2N5O/c1-4-27-24(28-15-18-9-5-6-10-19(18)16-30(2)3)29-20-13-14-31(17-20)21-11-7-8-12-22(21)32-23(25)26/h5-12,20,23H,4,13-17H2,1-3H3,(H2,27,28,29). The fraction of sp³-hybridized carbons (Fsp3) is 0.458. The molecule has 1 aliphatic heterocycles. The van der Waals surface area contributed by atoms with Gasteiger partial charge in [0.1, 0.15) is 5.75 Å². The molecule has 0 spiro atoms. The molecule has 1 heterocycles. The molecule has 174 valence electrons. The molecule has 1 aliphatic rings. The van der Waals surface area contributed by atoms with Gasteiger partial charge >= 0.3 is 6.61 Å². The summed E-state index contributed by atoms with van der Waals surface area (Å²) >= 11 is 0. The van der Waals surface area contributed by atoms with Crippen LogP contribution in [0.3, 0.4) is 0 Å². The Morgan fingerprint density at radius 2 is 1.88 bits per heavy atom. The van der Waals surface area contributed by atoms with Crippen molar-refractivity contribution in [3.8, 4) is 5.75 Å². The molecule has 1 fully saturated rings. The van der Waals surface area contributed by atoms with Crippen LogP contribution >= 0.6 is 0 Å². The maximum Gasteiger partial charge on any atom is 0.387 e. The Labute approximate surface area is 189 Å². The second kappa shape index (κ2) is 11.7. The van der Waals surface area contributed by atoms with Crippen LogP contribution in [0.25, 0.3) is 0 Å². The largest absolute Gasteiger partial charge is 0.433 e. The molecule has 2 N–H and O–H groups in total. The predicted molar refractivity (Wildman–Crippen MR) is 125 cm³/mol. The number of rotatable bonds is 9. The molecule has 2 aromatic rings. The maximum absolute atomic E-state index is 12.8. The predicted octanol–water partition coefficient (Wildman–Crippen LogP) is 3.68. The zero-order valence-corrected chi connectivity index (χ0v) is 19.0. The number of ether oxygens (including phenoxy) is 1. The molecule has 0 amide bonds. The molecular weight excluding hydrogens is 412 g/mol. The van der Waals surface area contributed by atoms with Crippen molar-refractivity contribution in [2.45, 2.75) is 39.1 Å². The third-order valence-corrected chi connectivity index (χ3v) is 5.31. The normalized spacial score (nSPS) is 16.7. The fourth-order valence-electron chi connectivity index (χ4n) is 3.90. The number of guanidine groups is 1. The van der Waals surface area contributed by atoms with Gasteiger partial charge in [-0.2, -0.15) is 8.78 Å². The first-order valence-corrected chi connectivity index (χ1v) is 11.0. The molecule has 0 saturated carbocycles. The molecule has 0 bridgehead atoms. The lowest BCUT2D eigenvalue weighted by atomic mass is 10.1. The molecule has 1 saturated heterocycles. The van der Waals surface area contributed by atoms with Crippen molar-refractivity contribution in [1.82, 2.24) is 15.5 Å². The van der Waals surface area contributed by atoms with Gasteiger partial charge in [-0.25, -0.2) is 4.99 Å². The third-order valence-electron chi connectivity index (χ3n) is 5.31. The van der Waals surface area contributed by atoms with Gasteiger partial charge < -0.3 is 25.2 Å². The average molecular weight is 446 g/mol. The van der Waals surface area contributed by atoms with E-state index in [0.717, 1.165) is 32.0 Å². The van der Waals surface area contributed by atoms with Crippen LogP contribution in [0.1, 0.15) is 24.5 Å². The number of aliphatic imine (C=N–C) groups is 1. The Morgan fingerprint density at radius 1 is 1.16 bits per heavy atom. The lowest BCUT2D eigenvalue weighted by molar-refractivity contribution is -0.0495. The van der Waals surface area contributed by atoms with Crippen LogP contribution in [-0.2, 0) is 13.1 Å². The summed E-state index contributed by atoms with van der Waals surface area (Å²) in [7, 11) is 4.12. The van der Waals surface area contributed by atoms with Gasteiger partial charge in [-0.3, -0.25) is 0 Å². The van der Waals surface area contributed by atoms with Crippen LogP contribution in [0, 0.1) is 0 Å². The molecule has 0 radical (unpaired) electrons. The van der Waals surface area contributed by atoms with Gasteiger partial charge in [0, 0.05) is 32.2 Å². The van der Waals surface area contributed by atoms with E-state index in [1.54, 1.807) is 12.1 Å². The van der Waals surface area contributed by atoms with Crippen LogP contribution in [-0.4, -0.2) is 57.2 Å². The lowest BCUT2D eigenvalue weighted by Gasteiger charge is -2.22. The minimum absolute atomic E-state index is 0.157. The minimum Gasteiger partial charge on any atom is -0.433 e. The molecule has 32 heavy (non-hydrogen) atoms. The summed E-state index contributed by atoms with van der Waals surface area (Å²) < 4.78 is 30.2. The zero-order valence-electron chi connectivity index (χ0n) is 19.0. The van der Waals surface area contributed by atoms with Crippen LogP contribution in [0.2, 0.25) is 0 Å². The van der Waals surface area contributed by atoms with E-state index >= 15 is 0 Å². The van der Waals surface area contributed by atoms with E-state index in [4.69, 9.17) is 9.73 Å². The number of para-hydroxylation sites is 2. The van der Waals surface area contributed by atoms with Gasteiger partial charge in [-0.05, 0) is 50.7 Å². The second-order valence-electron chi connectivity index (χ2n) is 8.12. The van der Waals surface area contributed by atoms with Crippen molar-refractivity contribution in [3.63, 3.8) is 0 Å². The van der Waals surface area contributed by atoms with E-state index in [9.17, 15) is 8.78 Å². The quantitative estimate of drug-likeness (QED) is 0.456. The van der Waals surface area contributed by atoms with Crippen molar-refractivity contribution in [3.05, 3.63) is 59.7 Å². The van der Waals surface area contributed by atoms with E-state index in [0.29, 0.717) is 18.8 Å². The summed E-state index contributed by atoms with van der Waals surface area (Å²) in [6, 6.07) is 15.4. The SMILES string of the molecule is CCNC(=NCc1ccccc1CN(C)C)NC1CCN(c2ccccc2OC(F)F)C1. The Kier molecular flexibility index (Phi) is 8.67. The number of benzene rings is 2. The first-order valence-electron chi connectivity index (χ1n) is 11.0. The summed E-state index contributed by atoms with van der Waals surface area (Å²) in [6.07, 6.45) is 0.880. The highest BCUT2D eigenvalue weighted by atomic mass is 19.3. The number of alkyl halides is 2. The van der Waals surface area contributed by atoms with E-state index in [2.05, 4.69) is 52.7 Å². The van der Waals surface area contributed by atoms with Gasteiger partial charge in [-0.15, -0.1) is 0 Å². The Bertz CT molecular complexity index is 890. The van der Waals surface area contributed by atoms with Crippen molar-refractivity contribution < 1.29 is 13.5 Å². The summed E-state index contributed by atoms with van der Waals surface area (Å²) in [5.41, 5.74) is 3.15. The highest BCUT2D eigenvalue weighted by molar-refractivity contribution is 5.80. The molecular formula is C24H33F2N5O. The van der Waals surface area contributed by atoms with Gasteiger partial charge in [0.15, 0.2) is 5.96 Å². The van der Waals surface area contributed by atoms with Crippen LogP contribution in [0.15, 0.2) is 53.5 Å². The Hall–Kier alpha value is -2.87. The molecule has 0 aliphatic carbocycles. The molecule has 1 unspecified atom stereocenters. The smallest absolute Gasteiger partial charge is 0.387 e. The molecule has 8 heteroatoms. The Balaban J connectivity index is 1.65. The maximum atomic E-state index is 12.8. The number of nitrogens with one attached hydrogen (secondary N) is 2. The van der Waals surface area contributed by atoms with E-state index in [1.807, 2.05) is 25.1 Å². The number of halogens is 2. The molecule has 0 aromatic heterocycles. The summed E-state index contributed by atoms with van der Waals surface area (Å²) in [5, 5.41) is 6.82. The van der Waals surface area contributed by atoms with Crippen LogP contribution < -0.4 is 20.3 Å². The van der Waals surface area contributed by atoms with Crippen molar-refractivity contribution in [2.75, 3.05) is 38.6 Å². The highest BCUT2D eigenvalue weighted by Crippen LogP contribution is 2.31. The topological polar surface area (TPSA) is 52.1 Å². The monoisotopic (exact) mass is 445 g/mol. The van der Waals surface area contributed by atoms with Crippen LogP contribution in [0.4, 0.5) is 14.5 Å². The van der Waals surface area contributed by atoms with Gasteiger partial charge in [0.25, 0.3) is 0 Å².